The number of hydrogen-bond donors (Lipinski definition) is 0. The van der Waals surface area contributed by atoms with Crippen LogP contribution in [0.25, 0.3) is 0 Å². The Kier molecular flexibility index (Phi) is 5.68. The molecular weight excluding hydrogens is 419 g/mol. The highest BCUT2D eigenvalue weighted by molar-refractivity contribution is 6.29. The predicted molar refractivity (Wildman–Crippen MR) is 116 cm³/mol. The van der Waals surface area contributed by atoms with Crippen LogP contribution in [0.1, 0.15) is 72.6 Å². The second-order valence-electron chi connectivity index (χ2n) is 10.8. The highest BCUT2D eigenvalue weighted by Crippen LogP contribution is 2.69. The molecule has 8 atom stereocenters. The lowest BCUT2D eigenvalue weighted by molar-refractivity contribution is -0.194. The molecule has 4 aliphatic rings. The van der Waals surface area contributed by atoms with Gasteiger partial charge in [0.2, 0.25) is 0 Å². The molecule has 4 aliphatic carbocycles. The third-order valence-electron chi connectivity index (χ3n) is 9.58. The molecule has 0 bridgehead atoms. The second-order valence-corrected chi connectivity index (χ2v) is 11.0. The minimum absolute atomic E-state index is 0.0296. The van der Waals surface area contributed by atoms with Crippen LogP contribution >= 0.6 is 11.6 Å². The zero-order valence-electron chi connectivity index (χ0n) is 19.0. The van der Waals surface area contributed by atoms with Crippen LogP contribution in [0.4, 0.5) is 4.39 Å². The lowest BCUT2D eigenvalue weighted by Gasteiger charge is -2.59. The summed E-state index contributed by atoms with van der Waals surface area (Å²) in [6.45, 7) is 7.90. The van der Waals surface area contributed by atoms with E-state index < -0.39 is 17.2 Å². The van der Waals surface area contributed by atoms with Crippen LogP contribution in [0.15, 0.2) is 11.6 Å². The summed E-state index contributed by atoms with van der Waals surface area (Å²) in [7, 11) is 0. The van der Waals surface area contributed by atoms with Gasteiger partial charge in [0.1, 0.15) is 6.17 Å². The molecule has 0 heterocycles. The average Bonchev–Trinajstić information content (AvgIpc) is 2.96. The quantitative estimate of drug-likeness (QED) is 0.433. The van der Waals surface area contributed by atoms with Crippen molar-refractivity contribution < 1.29 is 23.5 Å². The molecule has 31 heavy (non-hydrogen) atoms. The van der Waals surface area contributed by atoms with Crippen molar-refractivity contribution in [3.8, 4) is 0 Å². The van der Waals surface area contributed by atoms with E-state index in [-0.39, 0.29) is 58.9 Å². The van der Waals surface area contributed by atoms with Gasteiger partial charge in [0.25, 0.3) is 0 Å². The second kappa shape index (κ2) is 7.67. The Morgan fingerprint density at radius 1 is 1.23 bits per heavy atom. The molecule has 3 saturated carbocycles. The number of rotatable bonds is 4. The first-order valence-electron chi connectivity index (χ1n) is 11.7. The average molecular weight is 453 g/mol. The summed E-state index contributed by atoms with van der Waals surface area (Å²) in [5.41, 5.74) is -1.45. The largest absolute Gasteiger partial charge is 0.450 e. The SMILES string of the molecule is CCC(=O)O[C@]1(C(=O)CCl)[C@@H](C)C[C@H]2[C@@H]3C[C@@H](F)C4=CC(=O)CC[C@]4(C)[C@H]3CC[C@@]21C. The van der Waals surface area contributed by atoms with Gasteiger partial charge < -0.3 is 4.74 Å². The van der Waals surface area contributed by atoms with E-state index in [1.165, 1.54) is 0 Å². The number of carbonyl (C=O) groups excluding carboxylic acids is 3. The molecule has 0 amide bonds. The fourth-order valence-corrected chi connectivity index (χ4v) is 8.30. The van der Waals surface area contributed by atoms with Crippen LogP contribution in [0.3, 0.4) is 0 Å². The van der Waals surface area contributed by atoms with Crippen LogP contribution in [0.5, 0.6) is 0 Å². The van der Waals surface area contributed by atoms with Gasteiger partial charge in [0.15, 0.2) is 17.2 Å². The third kappa shape index (κ3) is 3.01. The maximum Gasteiger partial charge on any atom is 0.306 e. The fraction of sp³-hybridized carbons (Fsp3) is 0.800. The highest BCUT2D eigenvalue weighted by atomic mass is 35.5. The maximum absolute atomic E-state index is 15.5. The number of Topliss-reactive ketones (excluding diaryl/α,β-unsaturated/α-hetero) is 1. The summed E-state index contributed by atoms with van der Waals surface area (Å²) in [5.74, 6) is -0.507. The van der Waals surface area contributed by atoms with Crippen molar-refractivity contribution in [3.63, 3.8) is 0 Å². The minimum atomic E-state index is -1.25. The smallest absolute Gasteiger partial charge is 0.306 e. The van der Waals surface area contributed by atoms with Crippen molar-refractivity contribution in [2.24, 2.45) is 34.5 Å². The number of ether oxygens (including phenoxy) is 1. The van der Waals surface area contributed by atoms with Gasteiger partial charge in [-0.05, 0) is 66.9 Å². The Bertz CT molecular complexity index is 839. The number of halogens is 2. The summed E-state index contributed by atoms with van der Waals surface area (Å²) in [4.78, 5) is 37.7. The molecule has 0 aromatic rings. The Hall–Kier alpha value is -1.23. The molecule has 3 fully saturated rings. The number of fused-ring (bicyclic) bond motifs is 5. The summed E-state index contributed by atoms with van der Waals surface area (Å²) in [6, 6.07) is 0. The van der Waals surface area contributed by atoms with Crippen LogP contribution in [-0.4, -0.2) is 35.2 Å². The molecule has 172 valence electrons. The number of hydrogen-bond acceptors (Lipinski definition) is 4. The van der Waals surface area contributed by atoms with Gasteiger partial charge in [-0.2, -0.15) is 0 Å². The minimum Gasteiger partial charge on any atom is -0.450 e. The summed E-state index contributed by atoms with van der Waals surface area (Å²) >= 11 is 6.05. The number of esters is 1. The van der Waals surface area contributed by atoms with E-state index in [0.29, 0.717) is 24.8 Å². The molecule has 0 spiro atoms. The van der Waals surface area contributed by atoms with Crippen LogP contribution in [0.2, 0.25) is 0 Å². The van der Waals surface area contributed by atoms with Crippen LogP contribution in [0, 0.1) is 34.5 Å². The molecule has 6 heteroatoms. The summed E-state index contributed by atoms with van der Waals surface area (Å²) < 4.78 is 21.5. The first kappa shape index (κ1) is 22.9. The van der Waals surface area contributed by atoms with E-state index in [9.17, 15) is 14.4 Å². The molecule has 0 aromatic heterocycles. The van der Waals surface area contributed by atoms with Crippen LogP contribution < -0.4 is 0 Å². The molecule has 4 rings (SSSR count). The van der Waals surface area contributed by atoms with Crippen molar-refractivity contribution in [1.82, 2.24) is 0 Å². The number of carbonyl (C=O) groups is 3. The zero-order valence-corrected chi connectivity index (χ0v) is 19.8. The lowest BCUT2D eigenvalue weighted by Crippen LogP contribution is -2.61. The maximum atomic E-state index is 15.5. The lowest BCUT2D eigenvalue weighted by atomic mass is 9.46. The Morgan fingerprint density at radius 3 is 2.58 bits per heavy atom. The normalized spacial score (nSPS) is 46.5. The first-order valence-corrected chi connectivity index (χ1v) is 12.3. The topological polar surface area (TPSA) is 60.4 Å². The van der Waals surface area contributed by atoms with E-state index in [1.807, 2.05) is 6.92 Å². The van der Waals surface area contributed by atoms with Gasteiger partial charge in [0.05, 0.1) is 5.88 Å². The first-order chi connectivity index (χ1) is 14.5. The van der Waals surface area contributed by atoms with E-state index in [2.05, 4.69) is 13.8 Å². The van der Waals surface area contributed by atoms with E-state index >= 15 is 4.39 Å². The van der Waals surface area contributed by atoms with Crippen LogP contribution in [-0.2, 0) is 19.1 Å². The molecule has 0 radical (unpaired) electrons. The van der Waals surface area contributed by atoms with Crippen molar-refractivity contribution in [2.75, 3.05) is 5.88 Å². The molecule has 0 aromatic carbocycles. The number of alkyl halides is 2. The van der Waals surface area contributed by atoms with Crippen molar-refractivity contribution in [1.29, 1.82) is 0 Å². The molecule has 0 unspecified atom stereocenters. The monoisotopic (exact) mass is 452 g/mol. The van der Waals surface area contributed by atoms with Crippen molar-refractivity contribution in [2.45, 2.75) is 84.4 Å². The van der Waals surface area contributed by atoms with Crippen molar-refractivity contribution >= 4 is 29.1 Å². The van der Waals surface area contributed by atoms with Gasteiger partial charge in [-0.15, -0.1) is 11.6 Å². The third-order valence-corrected chi connectivity index (χ3v) is 9.82. The summed E-state index contributed by atoms with van der Waals surface area (Å²) in [5, 5.41) is 0. The Balaban J connectivity index is 1.77. The zero-order chi connectivity index (χ0) is 22.8. The molecule has 4 nitrogen and oxygen atoms in total. The van der Waals surface area contributed by atoms with Gasteiger partial charge >= 0.3 is 5.97 Å². The van der Waals surface area contributed by atoms with Crippen molar-refractivity contribution in [3.05, 3.63) is 11.6 Å². The van der Waals surface area contributed by atoms with Gasteiger partial charge in [-0.3, -0.25) is 14.4 Å². The number of ketones is 2. The molecule has 0 aliphatic heterocycles. The summed E-state index contributed by atoms with van der Waals surface area (Å²) in [6.07, 6.45) is 4.45. The molecule has 0 N–H and O–H groups in total. The van der Waals surface area contributed by atoms with E-state index in [1.54, 1.807) is 13.0 Å². The fourth-order valence-electron chi connectivity index (χ4n) is 8.10. The van der Waals surface area contributed by atoms with E-state index in [0.717, 1.165) is 19.3 Å². The van der Waals surface area contributed by atoms with Gasteiger partial charge in [0, 0.05) is 24.2 Å². The Labute approximate surface area is 189 Å². The molecular formula is C25H34ClFO4. The van der Waals surface area contributed by atoms with Gasteiger partial charge in [-0.25, -0.2) is 4.39 Å². The van der Waals surface area contributed by atoms with E-state index in [4.69, 9.17) is 16.3 Å². The predicted octanol–water partition coefficient (Wildman–Crippen LogP) is 5.21. The number of allylic oxidation sites excluding steroid dienone is 1. The Morgan fingerprint density at radius 2 is 1.94 bits per heavy atom. The molecule has 0 saturated heterocycles. The van der Waals surface area contributed by atoms with Gasteiger partial charge in [-0.1, -0.05) is 27.7 Å². The standard InChI is InChI=1S/C25H34ClFO4/c1-5-22(30)31-25(21(29)13-26)14(2)10-18-16-12-20(27)19-11-15(28)6-8-23(19,3)17(16)7-9-24(18,25)4/h11,14,16-18,20H,5-10,12-13H2,1-4H3/t14-,16+,17-,18-,20+,23+,24-,25-/m0/s1. The highest BCUT2D eigenvalue weighted by Gasteiger charge is 2.71.